The first-order valence-corrected chi connectivity index (χ1v) is 9.60. The highest BCUT2D eigenvalue weighted by Crippen LogP contribution is 2.34. The van der Waals surface area contributed by atoms with Gasteiger partial charge in [0.2, 0.25) is 11.7 Å². The lowest BCUT2D eigenvalue weighted by molar-refractivity contribution is -0.141. The smallest absolute Gasteiger partial charge is 0.227 e. The number of ether oxygens (including phenoxy) is 1. The zero-order chi connectivity index (χ0) is 18.3. The van der Waals surface area contributed by atoms with Gasteiger partial charge in [0.25, 0.3) is 0 Å². The lowest BCUT2D eigenvalue weighted by Gasteiger charge is -2.40. The fraction of sp³-hybridized carbons (Fsp3) is 0.650. The maximum Gasteiger partial charge on any atom is 0.227 e. The van der Waals surface area contributed by atoms with Gasteiger partial charge in [0.05, 0.1) is 13.0 Å². The summed E-state index contributed by atoms with van der Waals surface area (Å²) >= 11 is 0. The van der Waals surface area contributed by atoms with E-state index in [1.807, 2.05) is 0 Å². The van der Waals surface area contributed by atoms with Crippen LogP contribution in [-0.4, -0.2) is 48.5 Å². The molecule has 0 spiro atoms. The summed E-state index contributed by atoms with van der Waals surface area (Å²) in [5.41, 5.74) is 0.322. The molecule has 26 heavy (non-hydrogen) atoms. The minimum atomic E-state index is -0.939. The van der Waals surface area contributed by atoms with Gasteiger partial charge in [-0.25, -0.2) is 4.39 Å². The largest absolute Gasteiger partial charge is 0.494 e. The standard InChI is InChI=1S/C20H26F2N2O2/c1-26-17-8-6-14(18(21)19(17)22)10-23-11-15-5-7-16(12-23)24(20(15)25)9-13-3-2-4-13/h6,8,13,15-16H,2-5,7,9-12H2,1H3/t15-,16+/m0/s1. The van der Waals surface area contributed by atoms with Crippen LogP contribution < -0.4 is 4.74 Å². The molecule has 142 valence electrons. The van der Waals surface area contributed by atoms with Crippen molar-refractivity contribution in [2.75, 3.05) is 26.7 Å². The number of halogens is 2. The molecule has 4 aliphatic rings. The van der Waals surface area contributed by atoms with Crippen molar-refractivity contribution in [2.45, 2.75) is 44.7 Å². The number of nitrogens with zero attached hydrogens (tertiary/aromatic N) is 2. The average Bonchev–Trinajstić information content (AvgIpc) is 2.86. The molecule has 3 heterocycles. The Bertz CT molecular complexity index is 693. The average molecular weight is 364 g/mol. The van der Waals surface area contributed by atoms with Gasteiger partial charge in [-0.2, -0.15) is 4.39 Å². The number of carbonyl (C=O) groups excluding carboxylic acids is 1. The van der Waals surface area contributed by atoms with Gasteiger partial charge in [-0.3, -0.25) is 9.69 Å². The molecular formula is C20H26F2N2O2. The second-order valence-electron chi connectivity index (χ2n) is 7.96. The summed E-state index contributed by atoms with van der Waals surface area (Å²) in [6, 6.07) is 3.25. The van der Waals surface area contributed by atoms with E-state index in [1.165, 1.54) is 32.4 Å². The summed E-state index contributed by atoms with van der Waals surface area (Å²) in [6.07, 6.45) is 5.64. The van der Waals surface area contributed by atoms with Crippen LogP contribution in [0.4, 0.5) is 8.78 Å². The van der Waals surface area contributed by atoms with Crippen molar-refractivity contribution in [1.29, 1.82) is 0 Å². The SMILES string of the molecule is COc1ccc(CN2C[C@@H]3CC[C@H](C2)N(CC2CCC2)C3=O)c(F)c1F. The summed E-state index contributed by atoms with van der Waals surface area (Å²) in [7, 11) is 1.33. The molecule has 0 N–H and O–H groups in total. The third kappa shape index (κ3) is 3.20. The van der Waals surface area contributed by atoms with Crippen LogP contribution in [0.15, 0.2) is 12.1 Å². The van der Waals surface area contributed by atoms with Gasteiger partial charge in [-0.05, 0) is 37.7 Å². The van der Waals surface area contributed by atoms with Gasteiger partial charge in [0.1, 0.15) is 0 Å². The van der Waals surface area contributed by atoms with Crippen LogP contribution in [0.25, 0.3) is 0 Å². The van der Waals surface area contributed by atoms with Crippen molar-refractivity contribution in [3.05, 3.63) is 29.3 Å². The van der Waals surface area contributed by atoms with E-state index in [0.717, 1.165) is 25.9 Å². The van der Waals surface area contributed by atoms with Crippen LogP contribution >= 0.6 is 0 Å². The van der Waals surface area contributed by atoms with E-state index in [2.05, 4.69) is 9.80 Å². The van der Waals surface area contributed by atoms with E-state index in [4.69, 9.17) is 4.74 Å². The van der Waals surface area contributed by atoms with E-state index < -0.39 is 11.6 Å². The number of benzene rings is 1. The van der Waals surface area contributed by atoms with Crippen molar-refractivity contribution in [3.63, 3.8) is 0 Å². The number of fused-ring (bicyclic) bond motifs is 4. The highest BCUT2D eigenvalue weighted by molar-refractivity contribution is 5.80. The number of hydrogen-bond acceptors (Lipinski definition) is 3. The van der Waals surface area contributed by atoms with E-state index in [1.54, 1.807) is 6.07 Å². The van der Waals surface area contributed by atoms with Crippen LogP contribution in [0.1, 0.15) is 37.7 Å². The second kappa shape index (κ2) is 7.14. The third-order valence-corrected chi connectivity index (χ3v) is 6.29. The minimum Gasteiger partial charge on any atom is -0.494 e. The summed E-state index contributed by atoms with van der Waals surface area (Å²) in [6.45, 7) is 2.56. The van der Waals surface area contributed by atoms with E-state index in [9.17, 15) is 13.6 Å². The number of hydrogen-bond donors (Lipinski definition) is 0. The summed E-state index contributed by atoms with van der Waals surface area (Å²) < 4.78 is 33.2. The van der Waals surface area contributed by atoms with E-state index in [-0.39, 0.29) is 23.6 Å². The van der Waals surface area contributed by atoms with Crippen molar-refractivity contribution < 1.29 is 18.3 Å². The molecule has 1 aromatic rings. The number of carbonyl (C=O) groups is 1. The Morgan fingerprint density at radius 3 is 2.62 bits per heavy atom. The number of piperidine rings is 1. The van der Waals surface area contributed by atoms with Gasteiger partial charge >= 0.3 is 0 Å². The summed E-state index contributed by atoms with van der Waals surface area (Å²) in [5, 5.41) is 0. The molecule has 0 radical (unpaired) electrons. The number of rotatable bonds is 5. The first kappa shape index (κ1) is 17.7. The molecule has 1 aliphatic carbocycles. The topological polar surface area (TPSA) is 32.8 Å². The minimum absolute atomic E-state index is 0.0139. The van der Waals surface area contributed by atoms with Crippen LogP contribution in [0.5, 0.6) is 5.75 Å². The molecule has 4 nitrogen and oxygen atoms in total. The van der Waals surface area contributed by atoms with Crippen LogP contribution in [0.2, 0.25) is 0 Å². The van der Waals surface area contributed by atoms with Gasteiger partial charge in [0.15, 0.2) is 11.6 Å². The Morgan fingerprint density at radius 2 is 1.92 bits per heavy atom. The predicted octanol–water partition coefficient (Wildman–Crippen LogP) is 3.20. The molecule has 6 heteroatoms. The highest BCUT2D eigenvalue weighted by Gasteiger charge is 2.41. The fourth-order valence-corrected chi connectivity index (χ4v) is 4.54. The van der Waals surface area contributed by atoms with Gasteiger partial charge in [-0.15, -0.1) is 0 Å². The Hall–Kier alpha value is -1.69. The molecule has 2 atom stereocenters. The number of amides is 1. The van der Waals surface area contributed by atoms with Gasteiger partial charge in [0, 0.05) is 37.8 Å². The monoisotopic (exact) mass is 364 g/mol. The molecule has 3 aliphatic heterocycles. The van der Waals surface area contributed by atoms with Crippen molar-refractivity contribution in [3.8, 4) is 5.75 Å². The molecule has 3 saturated heterocycles. The molecule has 0 unspecified atom stereocenters. The van der Waals surface area contributed by atoms with Crippen LogP contribution in [-0.2, 0) is 11.3 Å². The molecular weight excluding hydrogens is 338 g/mol. The summed E-state index contributed by atoms with van der Waals surface area (Å²) in [5.74, 6) is -0.968. The molecule has 4 fully saturated rings. The van der Waals surface area contributed by atoms with Crippen molar-refractivity contribution in [2.24, 2.45) is 11.8 Å². The lowest BCUT2D eigenvalue weighted by Crippen LogP contribution is -2.50. The van der Waals surface area contributed by atoms with Gasteiger partial charge < -0.3 is 9.64 Å². The quantitative estimate of drug-likeness (QED) is 0.804. The highest BCUT2D eigenvalue weighted by atomic mass is 19.2. The number of methoxy groups -OCH3 is 1. The third-order valence-electron chi connectivity index (χ3n) is 6.29. The first-order chi connectivity index (χ1) is 12.6. The molecule has 1 aromatic carbocycles. The van der Waals surface area contributed by atoms with Crippen LogP contribution in [0, 0.1) is 23.5 Å². The van der Waals surface area contributed by atoms with Crippen LogP contribution in [0.3, 0.4) is 0 Å². The molecule has 1 amide bonds. The molecule has 5 rings (SSSR count). The Morgan fingerprint density at radius 1 is 1.12 bits per heavy atom. The molecule has 2 bridgehead atoms. The van der Waals surface area contributed by atoms with E-state index >= 15 is 0 Å². The Kier molecular flexibility index (Phi) is 4.86. The predicted molar refractivity (Wildman–Crippen MR) is 93.8 cm³/mol. The van der Waals surface area contributed by atoms with Gasteiger partial charge in [-0.1, -0.05) is 12.5 Å². The van der Waals surface area contributed by atoms with E-state index in [0.29, 0.717) is 24.6 Å². The molecule has 0 aromatic heterocycles. The maximum atomic E-state index is 14.3. The molecule has 1 saturated carbocycles. The van der Waals surface area contributed by atoms with Crippen molar-refractivity contribution >= 4 is 5.91 Å². The zero-order valence-corrected chi connectivity index (χ0v) is 15.2. The lowest BCUT2D eigenvalue weighted by atomic mass is 9.83. The fourth-order valence-electron chi connectivity index (χ4n) is 4.54. The Balaban J connectivity index is 1.49. The first-order valence-electron chi connectivity index (χ1n) is 9.60. The normalized spacial score (nSPS) is 26.7. The summed E-state index contributed by atoms with van der Waals surface area (Å²) in [4.78, 5) is 17.0. The zero-order valence-electron chi connectivity index (χ0n) is 15.2. The van der Waals surface area contributed by atoms with Crippen molar-refractivity contribution in [1.82, 2.24) is 9.80 Å². The maximum absolute atomic E-state index is 14.3. The Labute approximate surface area is 153 Å². The second-order valence-corrected chi connectivity index (χ2v) is 7.96.